The summed E-state index contributed by atoms with van der Waals surface area (Å²) in [6.07, 6.45) is 0. The number of benzene rings is 1. The van der Waals surface area contributed by atoms with E-state index in [-0.39, 0.29) is 4.90 Å². The molecule has 0 unspecified atom stereocenters. The molecule has 0 saturated carbocycles. The Morgan fingerprint density at radius 1 is 1.31 bits per heavy atom. The number of aromatic amines is 1. The zero-order chi connectivity index (χ0) is 12.1. The van der Waals surface area contributed by atoms with Crippen LogP contribution in [0.5, 0.6) is 0 Å². The molecule has 0 aliphatic rings. The molecule has 0 radical (unpaired) electrons. The van der Waals surface area contributed by atoms with E-state index in [0.29, 0.717) is 22.4 Å². The fourth-order valence-corrected chi connectivity index (χ4v) is 3.25. The molecule has 2 aromatic rings. The van der Waals surface area contributed by atoms with Crippen molar-refractivity contribution in [1.82, 2.24) is 9.97 Å². The minimum atomic E-state index is -3.78. The Morgan fingerprint density at radius 2 is 1.94 bits per heavy atom. The van der Waals surface area contributed by atoms with Gasteiger partial charge in [-0.3, -0.25) is 0 Å². The van der Waals surface area contributed by atoms with Crippen LogP contribution in [-0.2, 0) is 9.05 Å². The molecule has 86 valence electrons. The van der Waals surface area contributed by atoms with Gasteiger partial charge in [0.05, 0.1) is 5.52 Å². The lowest BCUT2D eigenvalue weighted by atomic mass is 10.1. The molecule has 0 bridgehead atoms. The van der Waals surface area contributed by atoms with Gasteiger partial charge in [0.25, 0.3) is 9.05 Å². The van der Waals surface area contributed by atoms with Gasteiger partial charge in [-0.1, -0.05) is 0 Å². The first-order valence-corrected chi connectivity index (χ1v) is 7.03. The van der Waals surface area contributed by atoms with Gasteiger partial charge in [0.1, 0.15) is 16.2 Å². The summed E-state index contributed by atoms with van der Waals surface area (Å²) in [5.74, 6) is 0.668. The van der Waals surface area contributed by atoms with Gasteiger partial charge in [0, 0.05) is 10.7 Å². The van der Waals surface area contributed by atoms with Gasteiger partial charge < -0.3 is 4.98 Å². The Morgan fingerprint density at radius 3 is 2.50 bits per heavy atom. The molecule has 1 N–H and O–H groups in total. The van der Waals surface area contributed by atoms with Crippen molar-refractivity contribution in [3.05, 3.63) is 23.0 Å². The summed E-state index contributed by atoms with van der Waals surface area (Å²) in [5, 5.41) is 0. The van der Waals surface area contributed by atoms with Crippen LogP contribution in [0.15, 0.2) is 11.0 Å². The Hall–Kier alpha value is -1.07. The van der Waals surface area contributed by atoms with Crippen LogP contribution >= 0.6 is 10.7 Å². The number of imidazole rings is 1. The smallest absolute Gasteiger partial charge is 0.263 e. The van der Waals surface area contributed by atoms with E-state index >= 15 is 0 Å². The molecule has 0 aliphatic heterocycles. The third-order valence-electron chi connectivity index (χ3n) is 2.60. The average Bonchev–Trinajstić information content (AvgIpc) is 2.43. The second-order valence-electron chi connectivity index (χ2n) is 3.80. The Balaban J connectivity index is 3.04. The second kappa shape index (κ2) is 3.46. The van der Waals surface area contributed by atoms with Crippen molar-refractivity contribution < 1.29 is 8.42 Å². The number of aromatic nitrogens is 2. The van der Waals surface area contributed by atoms with Crippen LogP contribution in [0.4, 0.5) is 0 Å². The SMILES string of the molecule is Cc1nc2c(S(=O)(=O)Cl)c(C)c(C)cc2[nH]1. The highest BCUT2D eigenvalue weighted by molar-refractivity contribution is 8.14. The number of aryl methyl sites for hydroxylation is 2. The summed E-state index contributed by atoms with van der Waals surface area (Å²) in [6.45, 7) is 5.35. The molecule has 6 heteroatoms. The van der Waals surface area contributed by atoms with E-state index in [0.717, 1.165) is 5.56 Å². The van der Waals surface area contributed by atoms with Gasteiger partial charge >= 0.3 is 0 Å². The molecular weight excluding hydrogens is 248 g/mol. The van der Waals surface area contributed by atoms with Gasteiger partial charge in [0.15, 0.2) is 0 Å². The molecule has 0 amide bonds. The van der Waals surface area contributed by atoms with Crippen LogP contribution in [0.2, 0.25) is 0 Å². The van der Waals surface area contributed by atoms with Crippen LogP contribution in [0.3, 0.4) is 0 Å². The lowest BCUT2D eigenvalue weighted by Crippen LogP contribution is -1.98. The molecule has 0 saturated heterocycles. The first-order valence-electron chi connectivity index (χ1n) is 4.72. The maximum atomic E-state index is 11.5. The van der Waals surface area contributed by atoms with Crippen LogP contribution in [0, 0.1) is 20.8 Å². The maximum Gasteiger partial charge on any atom is 0.263 e. The largest absolute Gasteiger partial charge is 0.342 e. The number of hydrogen-bond acceptors (Lipinski definition) is 3. The van der Waals surface area contributed by atoms with Crippen LogP contribution in [-0.4, -0.2) is 18.4 Å². The number of nitrogens with one attached hydrogen (secondary N) is 1. The predicted octanol–water partition coefficient (Wildman–Crippen LogP) is 2.42. The summed E-state index contributed by atoms with van der Waals surface area (Å²) in [6, 6.07) is 1.87. The molecule has 2 rings (SSSR count). The summed E-state index contributed by atoms with van der Waals surface area (Å²) < 4.78 is 23.1. The number of H-pyrrole nitrogens is 1. The molecule has 0 atom stereocenters. The van der Waals surface area contributed by atoms with Gasteiger partial charge in [-0.05, 0) is 38.0 Å². The summed E-state index contributed by atoms with van der Waals surface area (Å²) in [5.41, 5.74) is 2.62. The Bertz CT molecular complexity index is 674. The van der Waals surface area contributed by atoms with Crippen molar-refractivity contribution in [2.45, 2.75) is 25.7 Å². The quantitative estimate of drug-likeness (QED) is 0.799. The van der Waals surface area contributed by atoms with E-state index in [1.807, 2.05) is 13.0 Å². The average molecular weight is 259 g/mol. The topological polar surface area (TPSA) is 62.8 Å². The lowest BCUT2D eigenvalue weighted by molar-refractivity contribution is 0.609. The van der Waals surface area contributed by atoms with E-state index in [1.165, 1.54) is 0 Å². The molecule has 1 heterocycles. The van der Waals surface area contributed by atoms with Crippen molar-refractivity contribution in [3.63, 3.8) is 0 Å². The maximum absolute atomic E-state index is 11.5. The Kier molecular flexibility index (Phi) is 2.47. The summed E-state index contributed by atoms with van der Waals surface area (Å²) in [7, 11) is 1.66. The molecular formula is C10H11ClN2O2S. The monoisotopic (exact) mass is 258 g/mol. The highest BCUT2D eigenvalue weighted by Gasteiger charge is 2.21. The van der Waals surface area contributed by atoms with Gasteiger partial charge in [0.2, 0.25) is 0 Å². The fraction of sp³-hybridized carbons (Fsp3) is 0.300. The lowest BCUT2D eigenvalue weighted by Gasteiger charge is -2.06. The van der Waals surface area contributed by atoms with Crippen molar-refractivity contribution >= 4 is 30.8 Å². The molecule has 4 nitrogen and oxygen atoms in total. The first kappa shape index (κ1) is 11.4. The van der Waals surface area contributed by atoms with Crippen LogP contribution in [0.1, 0.15) is 17.0 Å². The molecule has 16 heavy (non-hydrogen) atoms. The molecule has 1 aromatic heterocycles. The minimum Gasteiger partial charge on any atom is -0.342 e. The van der Waals surface area contributed by atoms with Crippen molar-refractivity contribution in [1.29, 1.82) is 0 Å². The normalized spacial score (nSPS) is 12.2. The van der Waals surface area contributed by atoms with Crippen molar-refractivity contribution in [2.75, 3.05) is 0 Å². The zero-order valence-corrected chi connectivity index (χ0v) is 10.7. The number of hydrogen-bond donors (Lipinski definition) is 1. The molecule has 1 aromatic carbocycles. The standard InChI is InChI=1S/C10H11ClN2O2S/c1-5-4-8-9(13-7(3)12-8)10(6(5)2)16(11,14)15/h4H,1-3H3,(H,12,13). The van der Waals surface area contributed by atoms with Crippen LogP contribution < -0.4 is 0 Å². The van der Waals surface area contributed by atoms with Crippen molar-refractivity contribution in [2.24, 2.45) is 0 Å². The van der Waals surface area contributed by atoms with Gasteiger partial charge in [-0.25, -0.2) is 13.4 Å². The highest BCUT2D eigenvalue weighted by Crippen LogP contribution is 2.30. The zero-order valence-electron chi connectivity index (χ0n) is 9.13. The number of fused-ring (bicyclic) bond motifs is 1. The van der Waals surface area contributed by atoms with E-state index in [1.54, 1.807) is 13.8 Å². The number of halogens is 1. The molecule has 0 fully saturated rings. The molecule has 0 aliphatic carbocycles. The van der Waals surface area contributed by atoms with E-state index in [9.17, 15) is 8.42 Å². The summed E-state index contributed by atoms with van der Waals surface area (Å²) >= 11 is 0. The van der Waals surface area contributed by atoms with Gasteiger partial charge in [-0.2, -0.15) is 0 Å². The fourth-order valence-electron chi connectivity index (χ4n) is 1.77. The number of nitrogens with zero attached hydrogens (tertiary/aromatic N) is 1. The molecule has 0 spiro atoms. The van der Waals surface area contributed by atoms with E-state index < -0.39 is 9.05 Å². The van der Waals surface area contributed by atoms with Crippen LogP contribution in [0.25, 0.3) is 11.0 Å². The number of rotatable bonds is 1. The third kappa shape index (κ3) is 1.70. The van der Waals surface area contributed by atoms with E-state index in [2.05, 4.69) is 9.97 Å². The Labute approximate surface area is 98.1 Å². The third-order valence-corrected chi connectivity index (χ3v) is 4.05. The van der Waals surface area contributed by atoms with Gasteiger partial charge in [-0.15, -0.1) is 0 Å². The second-order valence-corrected chi connectivity index (χ2v) is 6.31. The highest BCUT2D eigenvalue weighted by atomic mass is 35.7. The van der Waals surface area contributed by atoms with Crippen molar-refractivity contribution in [3.8, 4) is 0 Å². The predicted molar refractivity (Wildman–Crippen MR) is 63.3 cm³/mol. The first-order chi connectivity index (χ1) is 7.30. The summed E-state index contributed by atoms with van der Waals surface area (Å²) in [4.78, 5) is 7.27. The van der Waals surface area contributed by atoms with E-state index in [4.69, 9.17) is 10.7 Å². The minimum absolute atomic E-state index is 0.105.